The van der Waals surface area contributed by atoms with Crippen molar-refractivity contribution in [1.82, 2.24) is 0 Å². The number of rotatable bonds is 8. The van der Waals surface area contributed by atoms with Crippen molar-refractivity contribution in [2.24, 2.45) is 0 Å². The van der Waals surface area contributed by atoms with E-state index in [9.17, 15) is 0 Å². The second-order valence-electron chi connectivity index (χ2n) is 9.23. The Hall–Kier alpha value is -1.14. The summed E-state index contributed by atoms with van der Waals surface area (Å²) in [6.07, 6.45) is 14.3. The van der Waals surface area contributed by atoms with Crippen LogP contribution < -0.4 is 24.8 Å². The molecule has 0 radical (unpaired) electrons. The molecular formula is C30H34Cl2Zr. The Labute approximate surface area is 224 Å². The molecule has 0 N–H and O–H groups in total. The SMILES string of the molecule is CCC(C)(C1=[C]([Zr+2][C]2=C(C(C)(CC)c3ccccc3)C=CC2)CC=C1)c1ccccc1.[Cl-].[Cl-]. The Morgan fingerprint density at radius 1 is 0.636 bits per heavy atom. The van der Waals surface area contributed by atoms with Crippen molar-refractivity contribution in [3.63, 3.8) is 0 Å². The molecule has 0 amide bonds. The molecule has 0 aromatic heterocycles. The molecule has 172 valence electrons. The fourth-order valence-electron chi connectivity index (χ4n) is 5.18. The molecule has 2 unspecified atom stereocenters. The number of allylic oxidation sites excluding steroid dienone is 8. The summed E-state index contributed by atoms with van der Waals surface area (Å²) in [6.45, 7) is 9.60. The number of hydrogen-bond donors (Lipinski definition) is 0. The van der Waals surface area contributed by atoms with Crippen LogP contribution >= 0.6 is 0 Å². The molecule has 0 spiro atoms. The van der Waals surface area contributed by atoms with Crippen LogP contribution in [0.2, 0.25) is 0 Å². The molecule has 3 heteroatoms. The quantitative estimate of drug-likeness (QED) is 0.468. The van der Waals surface area contributed by atoms with Crippen LogP contribution in [0.15, 0.2) is 103 Å². The number of benzene rings is 2. The maximum absolute atomic E-state index is 2.45. The molecule has 0 heterocycles. The van der Waals surface area contributed by atoms with Gasteiger partial charge in [0.25, 0.3) is 0 Å². The fraction of sp³-hybridized carbons (Fsp3) is 0.333. The Bertz CT molecular complexity index is 964. The van der Waals surface area contributed by atoms with E-state index in [2.05, 4.69) is 113 Å². The third kappa shape index (κ3) is 5.42. The van der Waals surface area contributed by atoms with Crippen molar-refractivity contribution in [2.45, 2.75) is 64.2 Å². The third-order valence-electron chi connectivity index (χ3n) is 7.59. The van der Waals surface area contributed by atoms with Crippen molar-refractivity contribution in [3.05, 3.63) is 114 Å². The molecule has 0 saturated carbocycles. The van der Waals surface area contributed by atoms with E-state index in [1.165, 1.54) is 11.1 Å². The van der Waals surface area contributed by atoms with Gasteiger partial charge in [-0.1, -0.05) is 0 Å². The van der Waals surface area contributed by atoms with E-state index in [4.69, 9.17) is 0 Å². The minimum absolute atomic E-state index is 0. The molecular weight excluding hydrogens is 522 g/mol. The van der Waals surface area contributed by atoms with Gasteiger partial charge < -0.3 is 24.8 Å². The van der Waals surface area contributed by atoms with E-state index in [0.717, 1.165) is 25.7 Å². The predicted octanol–water partition coefficient (Wildman–Crippen LogP) is 2.24. The minimum atomic E-state index is -0.838. The first-order chi connectivity index (χ1) is 15.0. The smallest absolute Gasteiger partial charge is 1.00 e. The molecule has 0 saturated heterocycles. The molecule has 2 aliphatic rings. The molecule has 2 aliphatic carbocycles. The van der Waals surface area contributed by atoms with Gasteiger partial charge in [-0.15, -0.1) is 0 Å². The van der Waals surface area contributed by atoms with Gasteiger partial charge in [-0.2, -0.15) is 0 Å². The first-order valence-corrected chi connectivity index (χ1v) is 14.2. The van der Waals surface area contributed by atoms with Crippen LogP contribution in [0.25, 0.3) is 0 Å². The van der Waals surface area contributed by atoms with Gasteiger partial charge in [0.15, 0.2) is 0 Å². The van der Waals surface area contributed by atoms with Crippen LogP contribution in [0.1, 0.15) is 64.5 Å². The maximum Gasteiger partial charge on any atom is -1.00 e. The average Bonchev–Trinajstić information content (AvgIpc) is 3.50. The molecule has 0 nitrogen and oxygen atoms in total. The summed E-state index contributed by atoms with van der Waals surface area (Å²) >= 11 is -0.838. The molecule has 2 atom stereocenters. The fourth-order valence-corrected chi connectivity index (χ4v) is 9.58. The molecule has 2 aromatic carbocycles. The zero-order valence-electron chi connectivity index (χ0n) is 20.2. The van der Waals surface area contributed by atoms with Gasteiger partial charge in [-0.05, 0) is 0 Å². The molecule has 0 bridgehead atoms. The number of halogens is 2. The zero-order valence-corrected chi connectivity index (χ0v) is 24.1. The van der Waals surface area contributed by atoms with Crippen molar-refractivity contribution >= 4 is 0 Å². The molecule has 2 aromatic rings. The van der Waals surface area contributed by atoms with Crippen LogP contribution in [0, 0.1) is 0 Å². The standard InChI is InChI=1S/2C15H17.2ClH.Zr/c2*1-3-15(2,14-11-7-8-12-14)13-9-5-4-6-10-13;;;/h2*4-7,9-11H,3,8H2,1-2H3;2*1H;/q;;;;+2/p-2. The Balaban J connectivity index is 0.00000193. The summed E-state index contributed by atoms with van der Waals surface area (Å²) in [5.74, 6) is 0. The third-order valence-corrected chi connectivity index (χ3v) is 11.4. The second kappa shape index (κ2) is 12.0. The topological polar surface area (TPSA) is 0 Å². The summed E-state index contributed by atoms with van der Waals surface area (Å²) in [6, 6.07) is 22.3. The summed E-state index contributed by atoms with van der Waals surface area (Å²) in [5, 5.41) is 0. The largest absolute Gasteiger partial charge is 1.00 e. The van der Waals surface area contributed by atoms with Crippen LogP contribution in [0.5, 0.6) is 0 Å². The molecule has 0 aliphatic heterocycles. The van der Waals surface area contributed by atoms with E-state index in [0.29, 0.717) is 0 Å². The number of hydrogen-bond acceptors (Lipinski definition) is 0. The van der Waals surface area contributed by atoms with E-state index >= 15 is 0 Å². The average molecular weight is 557 g/mol. The van der Waals surface area contributed by atoms with Gasteiger partial charge in [0.1, 0.15) is 0 Å². The summed E-state index contributed by atoms with van der Waals surface area (Å²) in [5.41, 5.74) is 6.37. The molecule has 0 fully saturated rings. The maximum atomic E-state index is 2.45. The van der Waals surface area contributed by atoms with Gasteiger partial charge in [-0.25, -0.2) is 0 Å². The normalized spacial score (nSPS) is 18.3. The van der Waals surface area contributed by atoms with Crippen LogP contribution in [0.4, 0.5) is 0 Å². The van der Waals surface area contributed by atoms with Gasteiger partial charge >= 0.3 is 201 Å². The first-order valence-electron chi connectivity index (χ1n) is 11.7. The van der Waals surface area contributed by atoms with Crippen molar-refractivity contribution in [3.8, 4) is 0 Å². The Morgan fingerprint density at radius 2 is 1.00 bits per heavy atom. The van der Waals surface area contributed by atoms with Gasteiger partial charge in [0.05, 0.1) is 0 Å². The summed E-state index contributed by atoms with van der Waals surface area (Å²) in [7, 11) is 0. The van der Waals surface area contributed by atoms with Crippen LogP contribution in [-0.4, -0.2) is 0 Å². The van der Waals surface area contributed by atoms with E-state index in [1.54, 1.807) is 17.7 Å². The minimum Gasteiger partial charge on any atom is -1.00 e. The van der Waals surface area contributed by atoms with Crippen molar-refractivity contribution < 1.29 is 48.0 Å². The first kappa shape index (κ1) is 28.1. The monoisotopic (exact) mass is 554 g/mol. The zero-order chi connectivity index (χ0) is 21.9. The Morgan fingerprint density at radius 3 is 1.33 bits per heavy atom. The summed E-state index contributed by atoms with van der Waals surface area (Å²) < 4.78 is 3.55. The Kier molecular flexibility index (Phi) is 10.2. The van der Waals surface area contributed by atoms with Gasteiger partial charge in [0.2, 0.25) is 0 Å². The predicted molar refractivity (Wildman–Crippen MR) is 130 cm³/mol. The summed E-state index contributed by atoms with van der Waals surface area (Å²) in [4.78, 5) is 0. The van der Waals surface area contributed by atoms with Gasteiger partial charge in [-0.3, -0.25) is 0 Å². The van der Waals surface area contributed by atoms with Crippen LogP contribution in [0.3, 0.4) is 0 Å². The van der Waals surface area contributed by atoms with E-state index in [-0.39, 0.29) is 35.6 Å². The molecule has 33 heavy (non-hydrogen) atoms. The van der Waals surface area contributed by atoms with E-state index in [1.807, 2.05) is 0 Å². The van der Waals surface area contributed by atoms with E-state index < -0.39 is 23.2 Å². The molecule has 4 rings (SSSR count). The van der Waals surface area contributed by atoms with Crippen LogP contribution in [-0.2, 0) is 34.1 Å². The van der Waals surface area contributed by atoms with Crippen molar-refractivity contribution in [2.75, 3.05) is 0 Å². The second-order valence-corrected chi connectivity index (χ2v) is 12.8. The van der Waals surface area contributed by atoms with Crippen molar-refractivity contribution in [1.29, 1.82) is 0 Å². The van der Waals surface area contributed by atoms with Gasteiger partial charge in [0, 0.05) is 0 Å².